The van der Waals surface area contributed by atoms with E-state index in [-0.39, 0.29) is 19.0 Å². The summed E-state index contributed by atoms with van der Waals surface area (Å²) in [5.41, 5.74) is 0. The maximum atomic E-state index is 11.5. The van der Waals surface area contributed by atoms with Crippen LogP contribution in [0.2, 0.25) is 0 Å². The highest BCUT2D eigenvalue weighted by molar-refractivity contribution is 5.76. The number of carbonyl (C=O) groups is 2. The third kappa shape index (κ3) is 3.37. The molecule has 1 aliphatic heterocycles. The van der Waals surface area contributed by atoms with Crippen LogP contribution < -0.4 is 0 Å². The van der Waals surface area contributed by atoms with Gasteiger partial charge in [-0.2, -0.15) is 0 Å². The Balaban J connectivity index is 2.31. The number of hydrogen-bond acceptors (Lipinski definition) is 4. The number of likely N-dealkylation sites (N-methyl/N-ethyl adjacent to an activating group) is 1. The molecule has 16 heavy (non-hydrogen) atoms. The molecule has 1 atom stereocenters. The summed E-state index contributed by atoms with van der Waals surface area (Å²) < 4.78 is 4.71. The van der Waals surface area contributed by atoms with Crippen molar-refractivity contribution in [3.8, 4) is 0 Å². The number of urea groups is 1. The van der Waals surface area contributed by atoms with Crippen molar-refractivity contribution in [1.29, 1.82) is 0 Å². The van der Waals surface area contributed by atoms with Crippen molar-refractivity contribution >= 4 is 12.0 Å². The van der Waals surface area contributed by atoms with E-state index < -0.39 is 12.1 Å². The Bertz CT molecular complexity index is 270. The minimum absolute atomic E-state index is 0.0681. The van der Waals surface area contributed by atoms with Gasteiger partial charge in [-0.1, -0.05) is 0 Å². The van der Waals surface area contributed by atoms with E-state index in [0.29, 0.717) is 19.7 Å². The Morgan fingerprint density at radius 3 is 2.75 bits per heavy atom. The predicted octanol–water partition coefficient (Wildman–Crippen LogP) is -0.332. The summed E-state index contributed by atoms with van der Waals surface area (Å²) >= 11 is 0. The monoisotopic (exact) mass is 230 g/mol. The molecule has 0 aromatic carbocycles. The first-order valence-corrected chi connectivity index (χ1v) is 5.38. The number of rotatable bonds is 5. The predicted molar refractivity (Wildman–Crippen MR) is 56.9 cm³/mol. The molecule has 92 valence electrons. The second-order valence-corrected chi connectivity index (χ2v) is 3.81. The zero-order chi connectivity index (χ0) is 12.1. The van der Waals surface area contributed by atoms with Gasteiger partial charge in [-0.15, -0.1) is 0 Å². The largest absolute Gasteiger partial charge is 0.466 e. The van der Waals surface area contributed by atoms with Crippen LogP contribution in [0.5, 0.6) is 0 Å². The number of esters is 1. The second kappa shape index (κ2) is 5.69. The summed E-state index contributed by atoms with van der Waals surface area (Å²) in [6.45, 7) is 3.45. The standard InChI is InChI=1S/C10H18N2O4/c1-3-16-9(14)6-8(13)7-12-5-4-11(2)10(12)15/h8,13H,3-7H2,1-2H3. The van der Waals surface area contributed by atoms with Crippen molar-refractivity contribution in [2.24, 2.45) is 0 Å². The van der Waals surface area contributed by atoms with Gasteiger partial charge in [0.15, 0.2) is 0 Å². The van der Waals surface area contributed by atoms with E-state index in [0.717, 1.165) is 0 Å². The second-order valence-electron chi connectivity index (χ2n) is 3.81. The van der Waals surface area contributed by atoms with Crippen LogP contribution in [0.25, 0.3) is 0 Å². The molecule has 1 rings (SSSR count). The molecule has 6 nitrogen and oxygen atoms in total. The lowest BCUT2D eigenvalue weighted by molar-refractivity contribution is -0.145. The minimum Gasteiger partial charge on any atom is -0.466 e. The number of carbonyl (C=O) groups excluding carboxylic acids is 2. The number of nitrogens with zero attached hydrogens (tertiary/aromatic N) is 2. The highest BCUT2D eigenvalue weighted by atomic mass is 16.5. The SMILES string of the molecule is CCOC(=O)CC(O)CN1CCN(C)C1=O. The third-order valence-corrected chi connectivity index (χ3v) is 2.44. The molecule has 1 unspecified atom stereocenters. The smallest absolute Gasteiger partial charge is 0.319 e. The first-order chi connectivity index (χ1) is 7.54. The van der Waals surface area contributed by atoms with Crippen molar-refractivity contribution in [1.82, 2.24) is 9.80 Å². The maximum Gasteiger partial charge on any atom is 0.319 e. The van der Waals surface area contributed by atoms with Gasteiger partial charge in [-0.25, -0.2) is 4.79 Å². The molecular weight excluding hydrogens is 212 g/mol. The molecule has 1 fully saturated rings. The van der Waals surface area contributed by atoms with Crippen LogP contribution in [-0.4, -0.2) is 66.3 Å². The molecule has 6 heteroatoms. The maximum absolute atomic E-state index is 11.5. The van der Waals surface area contributed by atoms with E-state index in [1.165, 1.54) is 4.90 Å². The van der Waals surface area contributed by atoms with Crippen LogP contribution in [0, 0.1) is 0 Å². The zero-order valence-corrected chi connectivity index (χ0v) is 9.68. The zero-order valence-electron chi connectivity index (χ0n) is 9.68. The van der Waals surface area contributed by atoms with Gasteiger partial charge in [0.2, 0.25) is 0 Å². The fourth-order valence-corrected chi connectivity index (χ4v) is 1.60. The van der Waals surface area contributed by atoms with Crippen molar-refractivity contribution in [2.45, 2.75) is 19.4 Å². The van der Waals surface area contributed by atoms with Gasteiger partial charge >= 0.3 is 12.0 Å². The normalized spacial score (nSPS) is 17.8. The summed E-state index contributed by atoms with van der Waals surface area (Å²) in [6.07, 6.45) is -0.920. The van der Waals surface area contributed by atoms with Gasteiger partial charge < -0.3 is 19.6 Å². The molecule has 0 radical (unpaired) electrons. The first kappa shape index (κ1) is 12.8. The highest BCUT2D eigenvalue weighted by Gasteiger charge is 2.27. The Hall–Kier alpha value is -1.30. The van der Waals surface area contributed by atoms with Crippen LogP contribution in [0.3, 0.4) is 0 Å². The molecule has 1 heterocycles. The van der Waals surface area contributed by atoms with Gasteiger partial charge in [0.1, 0.15) is 0 Å². The van der Waals surface area contributed by atoms with Gasteiger partial charge in [0.25, 0.3) is 0 Å². The average molecular weight is 230 g/mol. The van der Waals surface area contributed by atoms with E-state index in [1.54, 1.807) is 18.9 Å². The van der Waals surface area contributed by atoms with Crippen LogP contribution in [0.4, 0.5) is 4.79 Å². The summed E-state index contributed by atoms with van der Waals surface area (Å²) in [7, 11) is 1.71. The van der Waals surface area contributed by atoms with Crippen molar-refractivity contribution < 1.29 is 19.4 Å². The van der Waals surface area contributed by atoms with Crippen molar-refractivity contribution in [3.63, 3.8) is 0 Å². The topological polar surface area (TPSA) is 70.1 Å². The highest BCUT2D eigenvalue weighted by Crippen LogP contribution is 2.08. The van der Waals surface area contributed by atoms with Gasteiger partial charge in [-0.3, -0.25) is 4.79 Å². The van der Waals surface area contributed by atoms with Gasteiger partial charge in [-0.05, 0) is 6.92 Å². The van der Waals surface area contributed by atoms with Crippen LogP contribution in [-0.2, 0) is 9.53 Å². The molecule has 1 aliphatic rings. The van der Waals surface area contributed by atoms with Crippen LogP contribution in [0.1, 0.15) is 13.3 Å². The number of β-amino-alcohol motifs (C(OH)–C–C–N with tert-alkyl or cyclic N) is 1. The average Bonchev–Trinajstić information content (AvgIpc) is 2.50. The van der Waals surface area contributed by atoms with Crippen molar-refractivity contribution in [3.05, 3.63) is 0 Å². The summed E-state index contributed by atoms with van der Waals surface area (Å²) in [4.78, 5) is 25.7. The molecule has 0 aromatic heterocycles. The minimum atomic E-state index is -0.852. The third-order valence-electron chi connectivity index (χ3n) is 2.44. The van der Waals surface area contributed by atoms with E-state index in [2.05, 4.69) is 0 Å². The number of ether oxygens (including phenoxy) is 1. The Morgan fingerprint density at radius 2 is 2.25 bits per heavy atom. The Kier molecular flexibility index (Phi) is 4.54. The molecule has 0 saturated carbocycles. The molecule has 2 amide bonds. The number of amides is 2. The van der Waals surface area contributed by atoms with Gasteiger partial charge in [0, 0.05) is 26.7 Å². The Labute approximate surface area is 94.8 Å². The van der Waals surface area contributed by atoms with Crippen LogP contribution in [0.15, 0.2) is 0 Å². The first-order valence-electron chi connectivity index (χ1n) is 5.38. The van der Waals surface area contributed by atoms with Gasteiger partial charge in [0.05, 0.1) is 19.1 Å². The number of aliphatic hydroxyl groups is 1. The lowest BCUT2D eigenvalue weighted by Crippen LogP contribution is -2.36. The lowest BCUT2D eigenvalue weighted by atomic mass is 10.2. The number of aliphatic hydroxyl groups excluding tert-OH is 1. The van der Waals surface area contributed by atoms with E-state index >= 15 is 0 Å². The Morgan fingerprint density at radius 1 is 1.56 bits per heavy atom. The molecule has 1 N–H and O–H groups in total. The quantitative estimate of drug-likeness (QED) is 0.656. The van der Waals surface area contributed by atoms with Crippen LogP contribution >= 0.6 is 0 Å². The molecule has 0 aliphatic carbocycles. The summed E-state index contributed by atoms with van der Waals surface area (Å²) in [5, 5.41) is 9.60. The lowest BCUT2D eigenvalue weighted by Gasteiger charge is -2.19. The molecule has 0 spiro atoms. The molecule has 0 aromatic rings. The summed E-state index contributed by atoms with van der Waals surface area (Å²) in [5.74, 6) is -0.435. The fraction of sp³-hybridized carbons (Fsp3) is 0.800. The van der Waals surface area contributed by atoms with Crippen molar-refractivity contribution in [2.75, 3.05) is 33.3 Å². The fourth-order valence-electron chi connectivity index (χ4n) is 1.60. The van der Waals surface area contributed by atoms with E-state index in [1.807, 2.05) is 0 Å². The molecule has 1 saturated heterocycles. The van der Waals surface area contributed by atoms with E-state index in [9.17, 15) is 14.7 Å². The molecular formula is C10H18N2O4. The summed E-state index contributed by atoms with van der Waals surface area (Å²) in [6, 6.07) is -0.108. The molecule has 0 bridgehead atoms. The van der Waals surface area contributed by atoms with E-state index in [4.69, 9.17) is 4.74 Å². The number of hydrogen-bond donors (Lipinski definition) is 1.